The zero-order valence-corrected chi connectivity index (χ0v) is 19.9. The minimum Gasteiger partial charge on any atom is -0.330 e. The Morgan fingerprint density at radius 2 is 1.97 bits per heavy atom. The quantitative estimate of drug-likeness (QED) is 0.574. The highest BCUT2D eigenvalue weighted by Gasteiger charge is 2.41. The number of carbonyl (C=O) groups excluding carboxylic acids is 1. The summed E-state index contributed by atoms with van der Waals surface area (Å²) >= 11 is 3.32. The van der Waals surface area contributed by atoms with Gasteiger partial charge in [-0.25, -0.2) is 9.38 Å². The van der Waals surface area contributed by atoms with Crippen LogP contribution in [0.3, 0.4) is 0 Å². The topological polar surface area (TPSA) is 48.3 Å². The van der Waals surface area contributed by atoms with Gasteiger partial charge in [0.1, 0.15) is 11.5 Å². The van der Waals surface area contributed by atoms with Crippen LogP contribution in [0.25, 0.3) is 0 Å². The maximum Gasteiger partial charge on any atom is 0.274 e. The van der Waals surface area contributed by atoms with E-state index in [-0.39, 0.29) is 23.8 Å². The average molecular weight is 507 g/mol. The highest BCUT2D eigenvalue weighted by molar-refractivity contribution is 9.10. The Kier molecular flexibility index (Phi) is 4.98. The lowest BCUT2D eigenvalue weighted by molar-refractivity contribution is -0.129. The SMILES string of the molecule is C[C@@H]1c2ccccc2CCN1C(=O)C1=CN2CC(c3ccc(Br)cc3F)N=C2C(C2CC2)=N1. The van der Waals surface area contributed by atoms with Gasteiger partial charge in [0.05, 0.1) is 24.3 Å². The van der Waals surface area contributed by atoms with Gasteiger partial charge < -0.3 is 9.80 Å². The van der Waals surface area contributed by atoms with E-state index in [0.29, 0.717) is 34.7 Å². The molecule has 0 aromatic heterocycles. The van der Waals surface area contributed by atoms with Crippen molar-refractivity contribution in [1.29, 1.82) is 0 Å². The Balaban J connectivity index is 1.31. The highest BCUT2D eigenvalue weighted by Crippen LogP contribution is 2.39. The van der Waals surface area contributed by atoms with Crippen LogP contribution in [0.2, 0.25) is 0 Å². The van der Waals surface area contributed by atoms with E-state index in [2.05, 4.69) is 41.1 Å². The first kappa shape index (κ1) is 20.8. The lowest BCUT2D eigenvalue weighted by Crippen LogP contribution is -2.42. The van der Waals surface area contributed by atoms with Crippen LogP contribution in [0.15, 0.2) is 68.8 Å². The van der Waals surface area contributed by atoms with Gasteiger partial charge in [-0.1, -0.05) is 46.3 Å². The zero-order chi connectivity index (χ0) is 22.7. The van der Waals surface area contributed by atoms with Gasteiger partial charge in [-0.15, -0.1) is 0 Å². The van der Waals surface area contributed by atoms with Crippen LogP contribution in [-0.4, -0.2) is 40.3 Å². The number of hydrogen-bond donors (Lipinski definition) is 0. The summed E-state index contributed by atoms with van der Waals surface area (Å²) in [5, 5.41) is 0. The first-order valence-electron chi connectivity index (χ1n) is 11.5. The van der Waals surface area contributed by atoms with Gasteiger partial charge in [0.2, 0.25) is 0 Å². The van der Waals surface area contributed by atoms with E-state index in [4.69, 9.17) is 9.98 Å². The average Bonchev–Trinajstić information content (AvgIpc) is 3.57. The summed E-state index contributed by atoms with van der Waals surface area (Å²) in [5.41, 5.74) is 4.42. The largest absolute Gasteiger partial charge is 0.330 e. The van der Waals surface area contributed by atoms with Crippen LogP contribution >= 0.6 is 15.9 Å². The minimum absolute atomic E-state index is 0.00109. The zero-order valence-electron chi connectivity index (χ0n) is 18.3. The van der Waals surface area contributed by atoms with Crippen LogP contribution in [0.1, 0.15) is 48.5 Å². The first-order chi connectivity index (χ1) is 16.0. The lowest BCUT2D eigenvalue weighted by atomic mass is 9.93. The molecule has 2 aromatic carbocycles. The van der Waals surface area contributed by atoms with Crippen molar-refractivity contribution >= 4 is 33.4 Å². The molecule has 3 heterocycles. The van der Waals surface area contributed by atoms with E-state index in [0.717, 1.165) is 30.8 Å². The Hall–Kier alpha value is -2.80. The predicted octanol–water partition coefficient (Wildman–Crippen LogP) is 5.20. The molecule has 0 radical (unpaired) electrons. The molecule has 1 unspecified atom stereocenters. The summed E-state index contributed by atoms with van der Waals surface area (Å²) in [7, 11) is 0. The molecule has 33 heavy (non-hydrogen) atoms. The molecule has 0 spiro atoms. The molecule has 7 heteroatoms. The number of rotatable bonds is 3. The molecule has 1 saturated carbocycles. The Bertz CT molecular complexity index is 1250. The number of nitrogens with zero attached hydrogens (tertiary/aromatic N) is 4. The molecule has 0 bridgehead atoms. The van der Waals surface area contributed by atoms with Crippen LogP contribution in [0.4, 0.5) is 4.39 Å². The first-order valence-corrected chi connectivity index (χ1v) is 12.3. The molecule has 2 atom stereocenters. The van der Waals surface area contributed by atoms with Gasteiger partial charge in [-0.05, 0) is 49.4 Å². The number of amides is 1. The highest BCUT2D eigenvalue weighted by atomic mass is 79.9. The lowest BCUT2D eigenvalue weighted by Gasteiger charge is -2.36. The molecular formula is C26H24BrFN4O. The van der Waals surface area contributed by atoms with E-state index in [1.807, 2.05) is 28.1 Å². The molecule has 4 aliphatic rings. The third kappa shape index (κ3) is 3.62. The van der Waals surface area contributed by atoms with Gasteiger partial charge in [-0.3, -0.25) is 9.79 Å². The molecule has 0 N–H and O–H groups in total. The number of hydrogen-bond acceptors (Lipinski definition) is 4. The molecule has 0 saturated heterocycles. The Labute approximate surface area is 200 Å². The third-order valence-electron chi connectivity index (χ3n) is 7.03. The van der Waals surface area contributed by atoms with E-state index >= 15 is 0 Å². The summed E-state index contributed by atoms with van der Waals surface area (Å²) in [6, 6.07) is 13.1. The van der Waals surface area contributed by atoms with Crippen molar-refractivity contribution in [2.45, 2.75) is 38.3 Å². The second-order valence-corrected chi connectivity index (χ2v) is 10.1. The summed E-state index contributed by atoms with van der Waals surface area (Å²) in [6.07, 6.45) is 4.77. The molecule has 168 valence electrons. The molecule has 3 aliphatic heterocycles. The molecule has 1 fully saturated rings. The molecular weight excluding hydrogens is 483 g/mol. The number of amidine groups is 1. The van der Waals surface area contributed by atoms with Gasteiger partial charge >= 0.3 is 0 Å². The van der Waals surface area contributed by atoms with Crippen molar-refractivity contribution in [2.24, 2.45) is 15.9 Å². The normalized spacial score (nSPS) is 24.0. The van der Waals surface area contributed by atoms with Crippen LogP contribution in [-0.2, 0) is 11.2 Å². The molecule has 2 aromatic rings. The van der Waals surface area contributed by atoms with Crippen molar-refractivity contribution in [3.05, 3.63) is 81.3 Å². The van der Waals surface area contributed by atoms with Crippen LogP contribution < -0.4 is 0 Å². The summed E-state index contributed by atoms with van der Waals surface area (Å²) in [5.74, 6) is 0.797. The fraction of sp³-hybridized carbons (Fsp3) is 0.346. The third-order valence-corrected chi connectivity index (χ3v) is 7.52. The number of aliphatic imine (C=N–C) groups is 2. The predicted molar refractivity (Wildman–Crippen MR) is 129 cm³/mol. The summed E-state index contributed by atoms with van der Waals surface area (Å²) < 4.78 is 15.3. The van der Waals surface area contributed by atoms with Gasteiger partial charge in [0, 0.05) is 28.7 Å². The summed E-state index contributed by atoms with van der Waals surface area (Å²) in [6.45, 7) is 3.27. The van der Waals surface area contributed by atoms with E-state index in [1.54, 1.807) is 6.07 Å². The van der Waals surface area contributed by atoms with E-state index in [1.165, 1.54) is 17.2 Å². The number of carbonyl (C=O) groups is 1. The monoisotopic (exact) mass is 506 g/mol. The van der Waals surface area contributed by atoms with Crippen molar-refractivity contribution in [3.8, 4) is 0 Å². The van der Waals surface area contributed by atoms with Gasteiger partial charge in [0.15, 0.2) is 5.84 Å². The van der Waals surface area contributed by atoms with Crippen LogP contribution in [0.5, 0.6) is 0 Å². The van der Waals surface area contributed by atoms with Crippen molar-refractivity contribution in [2.75, 3.05) is 13.1 Å². The molecule has 6 rings (SSSR count). The van der Waals surface area contributed by atoms with Gasteiger partial charge in [0.25, 0.3) is 5.91 Å². The molecule has 5 nitrogen and oxygen atoms in total. The van der Waals surface area contributed by atoms with E-state index in [9.17, 15) is 9.18 Å². The number of fused-ring (bicyclic) bond motifs is 2. The molecule has 1 amide bonds. The standard InChI is InChI=1S/C26H24BrFN4O/c1-15-19-5-3-2-4-16(19)10-11-32(15)26(33)23-14-31-13-22(20-9-8-18(27)12-21(20)28)30-25(31)24(29-23)17-6-7-17/h2-5,8-9,12,14-15,17,22H,6-7,10-11,13H2,1H3/t15-,22?/m1/s1. The second-order valence-electron chi connectivity index (χ2n) is 9.20. The van der Waals surface area contributed by atoms with E-state index < -0.39 is 0 Å². The summed E-state index contributed by atoms with van der Waals surface area (Å²) in [4.78, 5) is 27.2. The number of halogens is 2. The fourth-order valence-corrected chi connectivity index (χ4v) is 5.42. The minimum atomic E-state index is -0.316. The Morgan fingerprint density at radius 1 is 1.15 bits per heavy atom. The maximum atomic E-state index is 14.6. The fourth-order valence-electron chi connectivity index (χ4n) is 5.09. The van der Waals surface area contributed by atoms with Crippen molar-refractivity contribution < 1.29 is 9.18 Å². The second kappa shape index (κ2) is 7.90. The number of benzene rings is 2. The van der Waals surface area contributed by atoms with Crippen molar-refractivity contribution in [1.82, 2.24) is 9.80 Å². The Morgan fingerprint density at radius 3 is 2.76 bits per heavy atom. The smallest absolute Gasteiger partial charge is 0.274 e. The maximum absolute atomic E-state index is 14.6. The molecule has 1 aliphatic carbocycles. The van der Waals surface area contributed by atoms with Crippen molar-refractivity contribution in [3.63, 3.8) is 0 Å². The van der Waals surface area contributed by atoms with Crippen LogP contribution in [0, 0.1) is 11.7 Å². The van der Waals surface area contributed by atoms with Gasteiger partial charge in [-0.2, -0.15) is 0 Å².